The van der Waals surface area contributed by atoms with Gasteiger partial charge in [-0.3, -0.25) is 9.52 Å². The third-order valence-electron chi connectivity index (χ3n) is 3.86. The highest BCUT2D eigenvalue weighted by Gasteiger charge is 2.22. The van der Waals surface area contributed by atoms with Crippen molar-refractivity contribution in [3.63, 3.8) is 0 Å². The number of carbonyl (C=O) groups excluding carboxylic acids is 1. The van der Waals surface area contributed by atoms with Gasteiger partial charge in [-0.2, -0.15) is 0 Å². The molecule has 114 valence electrons. The highest BCUT2D eigenvalue weighted by molar-refractivity contribution is 7.92. The highest BCUT2D eigenvalue weighted by Crippen LogP contribution is 2.27. The summed E-state index contributed by atoms with van der Waals surface area (Å²) in [5, 5.41) is 2.69. The van der Waals surface area contributed by atoms with E-state index < -0.39 is 10.0 Å². The molecule has 1 aliphatic rings. The number of nitrogens with one attached hydrogen (secondary N) is 2. The highest BCUT2D eigenvalue weighted by atomic mass is 32.2. The molecule has 5 nitrogen and oxygen atoms in total. The number of aryl methyl sites for hydroxylation is 1. The van der Waals surface area contributed by atoms with E-state index in [1.165, 1.54) is 6.07 Å². The van der Waals surface area contributed by atoms with Crippen LogP contribution in [0.15, 0.2) is 41.3 Å². The number of rotatable bonds is 3. The van der Waals surface area contributed by atoms with Crippen LogP contribution in [0.1, 0.15) is 16.7 Å². The second-order valence-corrected chi connectivity index (χ2v) is 7.08. The van der Waals surface area contributed by atoms with E-state index in [-0.39, 0.29) is 17.2 Å². The quantitative estimate of drug-likeness (QED) is 0.914. The zero-order chi connectivity index (χ0) is 15.9. The standard InChI is InChI=1S/C16H16N2O3S/c1-10-4-3-5-14(11(10)2)18-22(20,21)13-6-7-15-12(8-13)9-16(19)17-15/h3-8,18H,9H2,1-2H3,(H,17,19). The van der Waals surface area contributed by atoms with E-state index in [0.29, 0.717) is 16.9 Å². The Morgan fingerprint density at radius 1 is 1.14 bits per heavy atom. The van der Waals surface area contributed by atoms with Gasteiger partial charge in [0.25, 0.3) is 10.0 Å². The van der Waals surface area contributed by atoms with Gasteiger partial charge in [-0.05, 0) is 54.8 Å². The van der Waals surface area contributed by atoms with E-state index in [9.17, 15) is 13.2 Å². The fourth-order valence-corrected chi connectivity index (χ4v) is 3.61. The largest absolute Gasteiger partial charge is 0.326 e. The summed E-state index contributed by atoms with van der Waals surface area (Å²) in [5.41, 5.74) is 3.85. The molecule has 22 heavy (non-hydrogen) atoms. The molecule has 6 heteroatoms. The summed E-state index contributed by atoms with van der Waals surface area (Å²) >= 11 is 0. The fourth-order valence-electron chi connectivity index (χ4n) is 2.44. The average molecular weight is 316 g/mol. The number of hydrogen-bond donors (Lipinski definition) is 2. The van der Waals surface area contributed by atoms with E-state index in [1.54, 1.807) is 18.2 Å². The van der Waals surface area contributed by atoms with Crippen molar-refractivity contribution < 1.29 is 13.2 Å². The summed E-state index contributed by atoms with van der Waals surface area (Å²) in [5.74, 6) is -0.118. The van der Waals surface area contributed by atoms with Crippen molar-refractivity contribution in [1.29, 1.82) is 0 Å². The van der Waals surface area contributed by atoms with Crippen molar-refractivity contribution in [3.8, 4) is 0 Å². The van der Waals surface area contributed by atoms with Crippen LogP contribution in [0.4, 0.5) is 11.4 Å². The Morgan fingerprint density at radius 3 is 2.68 bits per heavy atom. The molecule has 0 saturated heterocycles. The van der Waals surface area contributed by atoms with Crippen LogP contribution in [0.2, 0.25) is 0 Å². The van der Waals surface area contributed by atoms with Gasteiger partial charge in [0.1, 0.15) is 0 Å². The number of hydrogen-bond acceptors (Lipinski definition) is 3. The number of amides is 1. The van der Waals surface area contributed by atoms with Crippen LogP contribution >= 0.6 is 0 Å². The van der Waals surface area contributed by atoms with Crippen molar-refractivity contribution in [3.05, 3.63) is 53.1 Å². The normalized spacial score (nSPS) is 13.6. The first kappa shape index (κ1) is 14.6. The molecule has 2 aromatic carbocycles. The van der Waals surface area contributed by atoms with Crippen molar-refractivity contribution >= 4 is 27.3 Å². The second kappa shape index (κ2) is 5.14. The summed E-state index contributed by atoms with van der Waals surface area (Å²) in [6, 6.07) is 10.1. The van der Waals surface area contributed by atoms with Crippen LogP contribution in [0.5, 0.6) is 0 Å². The molecule has 0 aliphatic carbocycles. The predicted octanol–water partition coefficient (Wildman–Crippen LogP) is 2.60. The molecule has 0 spiro atoms. The molecule has 2 aromatic rings. The number of sulfonamides is 1. The minimum Gasteiger partial charge on any atom is -0.326 e. The number of fused-ring (bicyclic) bond motifs is 1. The lowest BCUT2D eigenvalue weighted by Crippen LogP contribution is -2.14. The van der Waals surface area contributed by atoms with Gasteiger partial charge in [-0.25, -0.2) is 8.42 Å². The van der Waals surface area contributed by atoms with Crippen LogP contribution in [0, 0.1) is 13.8 Å². The zero-order valence-electron chi connectivity index (χ0n) is 12.3. The molecule has 1 aliphatic heterocycles. The van der Waals surface area contributed by atoms with E-state index in [1.807, 2.05) is 26.0 Å². The number of carbonyl (C=O) groups is 1. The summed E-state index contributed by atoms with van der Waals surface area (Å²) < 4.78 is 27.7. The number of anilines is 2. The molecule has 0 unspecified atom stereocenters. The monoisotopic (exact) mass is 316 g/mol. The lowest BCUT2D eigenvalue weighted by Gasteiger charge is -2.12. The summed E-state index contributed by atoms with van der Waals surface area (Å²) in [6.07, 6.45) is 0.210. The Hall–Kier alpha value is -2.34. The molecule has 0 aromatic heterocycles. The molecule has 2 N–H and O–H groups in total. The Balaban J connectivity index is 1.96. The van der Waals surface area contributed by atoms with Crippen LogP contribution in [-0.4, -0.2) is 14.3 Å². The predicted molar refractivity (Wildman–Crippen MR) is 85.5 cm³/mol. The van der Waals surface area contributed by atoms with Crippen LogP contribution in [0.3, 0.4) is 0 Å². The molecule has 0 atom stereocenters. The summed E-state index contributed by atoms with van der Waals surface area (Å²) in [4.78, 5) is 11.5. The van der Waals surface area contributed by atoms with E-state index in [4.69, 9.17) is 0 Å². The van der Waals surface area contributed by atoms with E-state index >= 15 is 0 Å². The lowest BCUT2D eigenvalue weighted by molar-refractivity contribution is -0.115. The Labute approximate surface area is 129 Å². The molecular weight excluding hydrogens is 300 g/mol. The molecule has 1 heterocycles. The maximum Gasteiger partial charge on any atom is 0.261 e. The maximum absolute atomic E-state index is 12.5. The van der Waals surface area contributed by atoms with Gasteiger partial charge in [-0.15, -0.1) is 0 Å². The SMILES string of the molecule is Cc1cccc(NS(=O)(=O)c2ccc3c(c2)CC(=O)N3)c1C. The summed E-state index contributed by atoms with van der Waals surface area (Å²) in [7, 11) is -3.68. The molecule has 3 rings (SSSR count). The van der Waals surface area contributed by atoms with Crippen LogP contribution < -0.4 is 10.0 Å². The first-order chi connectivity index (χ1) is 10.4. The molecule has 0 bridgehead atoms. The first-order valence-corrected chi connectivity index (χ1v) is 8.37. The van der Waals surface area contributed by atoms with Crippen molar-refractivity contribution in [2.75, 3.05) is 10.0 Å². The average Bonchev–Trinajstić information content (AvgIpc) is 2.82. The van der Waals surface area contributed by atoms with Gasteiger partial charge in [-0.1, -0.05) is 12.1 Å². The molecule has 0 fully saturated rings. The molecule has 0 radical (unpaired) electrons. The topological polar surface area (TPSA) is 75.3 Å². The lowest BCUT2D eigenvalue weighted by atomic mass is 10.1. The third kappa shape index (κ3) is 2.57. The number of benzene rings is 2. The second-order valence-electron chi connectivity index (χ2n) is 5.40. The Kier molecular flexibility index (Phi) is 3.41. The first-order valence-electron chi connectivity index (χ1n) is 6.88. The smallest absolute Gasteiger partial charge is 0.261 e. The van der Waals surface area contributed by atoms with Crippen LogP contribution in [-0.2, 0) is 21.2 Å². The van der Waals surface area contributed by atoms with Gasteiger partial charge in [0.2, 0.25) is 5.91 Å². The van der Waals surface area contributed by atoms with Gasteiger partial charge in [0, 0.05) is 5.69 Å². The van der Waals surface area contributed by atoms with Crippen molar-refractivity contribution in [2.24, 2.45) is 0 Å². The van der Waals surface area contributed by atoms with Gasteiger partial charge in [0.15, 0.2) is 0 Å². The minimum atomic E-state index is -3.68. The third-order valence-corrected chi connectivity index (χ3v) is 5.22. The zero-order valence-corrected chi connectivity index (χ0v) is 13.1. The fraction of sp³-hybridized carbons (Fsp3) is 0.188. The molecule has 0 saturated carbocycles. The summed E-state index contributed by atoms with van der Waals surface area (Å²) in [6.45, 7) is 3.80. The van der Waals surface area contributed by atoms with Crippen molar-refractivity contribution in [2.45, 2.75) is 25.2 Å². The Bertz CT molecular complexity index is 873. The van der Waals surface area contributed by atoms with E-state index in [0.717, 1.165) is 11.1 Å². The van der Waals surface area contributed by atoms with Crippen molar-refractivity contribution in [1.82, 2.24) is 0 Å². The van der Waals surface area contributed by atoms with Gasteiger partial charge < -0.3 is 5.32 Å². The van der Waals surface area contributed by atoms with Crippen LogP contribution in [0.25, 0.3) is 0 Å². The molecule has 1 amide bonds. The Morgan fingerprint density at radius 2 is 1.91 bits per heavy atom. The maximum atomic E-state index is 12.5. The molecular formula is C16H16N2O3S. The van der Waals surface area contributed by atoms with E-state index in [2.05, 4.69) is 10.0 Å². The van der Waals surface area contributed by atoms with Gasteiger partial charge in [0.05, 0.1) is 17.0 Å². The minimum absolute atomic E-state index is 0.118. The van der Waals surface area contributed by atoms with Gasteiger partial charge >= 0.3 is 0 Å².